The molecule has 2 aromatic heterocycles. The summed E-state index contributed by atoms with van der Waals surface area (Å²) < 4.78 is 1.77. The van der Waals surface area contributed by atoms with E-state index in [1.807, 2.05) is 73.1 Å². The topological polar surface area (TPSA) is 59.8 Å². The molecule has 0 aliphatic carbocycles. The van der Waals surface area contributed by atoms with Gasteiger partial charge >= 0.3 is 0 Å². The summed E-state index contributed by atoms with van der Waals surface area (Å²) >= 11 is 1.55. The van der Waals surface area contributed by atoms with Crippen molar-refractivity contribution in [3.63, 3.8) is 0 Å². The van der Waals surface area contributed by atoms with Crippen molar-refractivity contribution in [1.82, 2.24) is 14.5 Å². The Hall–Kier alpha value is -3.25. The fourth-order valence-corrected chi connectivity index (χ4v) is 3.57. The summed E-state index contributed by atoms with van der Waals surface area (Å²) in [4.78, 5) is 21.3. The van der Waals surface area contributed by atoms with Gasteiger partial charge in [0.2, 0.25) is 5.91 Å². The van der Waals surface area contributed by atoms with Crippen molar-refractivity contribution in [2.45, 2.75) is 13.5 Å². The highest BCUT2D eigenvalue weighted by Gasteiger charge is 2.11. The van der Waals surface area contributed by atoms with E-state index in [2.05, 4.69) is 15.3 Å². The van der Waals surface area contributed by atoms with Gasteiger partial charge in [-0.1, -0.05) is 42.5 Å². The first-order valence-corrected chi connectivity index (χ1v) is 9.45. The summed E-state index contributed by atoms with van der Waals surface area (Å²) in [5, 5.41) is 5.77. The van der Waals surface area contributed by atoms with E-state index in [0.717, 1.165) is 33.2 Å². The number of aryl methyl sites for hydroxylation is 1. The van der Waals surface area contributed by atoms with Crippen LogP contribution in [0, 0.1) is 6.92 Å². The number of aromatic nitrogens is 3. The van der Waals surface area contributed by atoms with E-state index in [9.17, 15) is 4.79 Å². The van der Waals surface area contributed by atoms with Crippen molar-refractivity contribution >= 4 is 22.9 Å². The number of carbonyl (C=O) groups is 1. The van der Waals surface area contributed by atoms with Crippen LogP contribution in [0.25, 0.3) is 22.0 Å². The SMILES string of the molecule is Cc1cccc(NC(=O)Cn2cnc(-c3nc(-c4ccccc4)cs3)c2)c1. The smallest absolute Gasteiger partial charge is 0.244 e. The van der Waals surface area contributed by atoms with Gasteiger partial charge in [0.05, 0.1) is 12.0 Å². The van der Waals surface area contributed by atoms with E-state index < -0.39 is 0 Å². The highest BCUT2D eigenvalue weighted by molar-refractivity contribution is 7.13. The molecule has 0 unspecified atom stereocenters. The molecular formula is C21H18N4OS. The van der Waals surface area contributed by atoms with Gasteiger partial charge in [-0.25, -0.2) is 9.97 Å². The van der Waals surface area contributed by atoms with E-state index in [0.29, 0.717) is 0 Å². The summed E-state index contributed by atoms with van der Waals surface area (Å²) in [6.45, 7) is 2.20. The molecule has 0 bridgehead atoms. The molecule has 4 aromatic rings. The molecular weight excluding hydrogens is 356 g/mol. The van der Waals surface area contributed by atoms with Crippen LogP contribution in [0.15, 0.2) is 72.5 Å². The minimum atomic E-state index is -0.0892. The van der Waals surface area contributed by atoms with E-state index >= 15 is 0 Å². The van der Waals surface area contributed by atoms with Crippen molar-refractivity contribution in [2.75, 3.05) is 5.32 Å². The zero-order chi connectivity index (χ0) is 18.6. The third-order valence-electron chi connectivity index (χ3n) is 4.05. The molecule has 5 nitrogen and oxygen atoms in total. The fraction of sp³-hybridized carbons (Fsp3) is 0.0952. The lowest BCUT2D eigenvalue weighted by molar-refractivity contribution is -0.116. The van der Waals surface area contributed by atoms with Crippen LogP contribution in [0.1, 0.15) is 5.56 Å². The maximum absolute atomic E-state index is 12.3. The minimum Gasteiger partial charge on any atom is -0.327 e. The largest absolute Gasteiger partial charge is 0.327 e. The number of rotatable bonds is 5. The van der Waals surface area contributed by atoms with E-state index in [-0.39, 0.29) is 12.5 Å². The number of nitrogens with one attached hydrogen (secondary N) is 1. The summed E-state index contributed by atoms with van der Waals surface area (Å²) in [5.41, 5.74) is 4.69. The number of hydrogen-bond acceptors (Lipinski definition) is 4. The Labute approximate surface area is 161 Å². The molecule has 0 spiro atoms. The lowest BCUT2D eigenvalue weighted by Gasteiger charge is -2.06. The van der Waals surface area contributed by atoms with Crippen LogP contribution < -0.4 is 5.32 Å². The summed E-state index contributed by atoms with van der Waals surface area (Å²) in [7, 11) is 0. The maximum atomic E-state index is 12.3. The molecule has 2 heterocycles. The van der Waals surface area contributed by atoms with Gasteiger partial charge in [-0.3, -0.25) is 4.79 Å². The molecule has 0 saturated heterocycles. The number of thiazole rings is 1. The molecule has 0 aliphatic rings. The normalized spacial score (nSPS) is 10.7. The van der Waals surface area contributed by atoms with E-state index in [4.69, 9.17) is 0 Å². The Morgan fingerprint density at radius 1 is 1.11 bits per heavy atom. The molecule has 4 rings (SSSR count). The van der Waals surface area contributed by atoms with Gasteiger partial charge in [0, 0.05) is 22.8 Å². The number of amides is 1. The Morgan fingerprint density at radius 3 is 2.78 bits per heavy atom. The van der Waals surface area contributed by atoms with Crippen molar-refractivity contribution in [3.8, 4) is 22.0 Å². The molecule has 0 fully saturated rings. The first-order valence-electron chi connectivity index (χ1n) is 8.57. The number of hydrogen-bond donors (Lipinski definition) is 1. The number of carbonyl (C=O) groups excluding carboxylic acids is 1. The van der Waals surface area contributed by atoms with Crippen LogP contribution in [0.2, 0.25) is 0 Å². The van der Waals surface area contributed by atoms with Crippen LogP contribution in [-0.2, 0) is 11.3 Å². The van der Waals surface area contributed by atoms with Crippen LogP contribution >= 0.6 is 11.3 Å². The lowest BCUT2D eigenvalue weighted by Crippen LogP contribution is -2.17. The lowest BCUT2D eigenvalue weighted by atomic mass is 10.2. The predicted octanol–water partition coefficient (Wildman–Crippen LogP) is 4.62. The summed E-state index contributed by atoms with van der Waals surface area (Å²) in [6.07, 6.45) is 3.51. The van der Waals surface area contributed by atoms with Crippen molar-refractivity contribution in [1.29, 1.82) is 0 Å². The third-order valence-corrected chi connectivity index (χ3v) is 4.92. The van der Waals surface area contributed by atoms with E-state index in [1.54, 1.807) is 22.2 Å². The van der Waals surface area contributed by atoms with Gasteiger partial charge in [-0.2, -0.15) is 0 Å². The van der Waals surface area contributed by atoms with Crippen LogP contribution in [0.3, 0.4) is 0 Å². The zero-order valence-corrected chi connectivity index (χ0v) is 15.6. The second kappa shape index (κ2) is 7.55. The quantitative estimate of drug-likeness (QED) is 0.554. The molecule has 134 valence electrons. The minimum absolute atomic E-state index is 0.0892. The highest BCUT2D eigenvalue weighted by Crippen LogP contribution is 2.27. The van der Waals surface area contributed by atoms with Crippen LogP contribution in [-0.4, -0.2) is 20.4 Å². The summed E-state index contributed by atoms with van der Waals surface area (Å²) in [5.74, 6) is -0.0892. The van der Waals surface area contributed by atoms with Crippen molar-refractivity contribution < 1.29 is 4.79 Å². The Kier molecular flexibility index (Phi) is 4.80. The number of imidazole rings is 1. The molecule has 0 aliphatic heterocycles. The Balaban J connectivity index is 1.44. The molecule has 1 amide bonds. The second-order valence-electron chi connectivity index (χ2n) is 6.25. The van der Waals surface area contributed by atoms with Gasteiger partial charge in [0.25, 0.3) is 0 Å². The van der Waals surface area contributed by atoms with Gasteiger partial charge in [0.1, 0.15) is 17.2 Å². The Morgan fingerprint density at radius 2 is 1.96 bits per heavy atom. The number of nitrogens with zero attached hydrogens (tertiary/aromatic N) is 3. The highest BCUT2D eigenvalue weighted by atomic mass is 32.1. The predicted molar refractivity (Wildman–Crippen MR) is 109 cm³/mol. The molecule has 6 heteroatoms. The van der Waals surface area contributed by atoms with Gasteiger partial charge in [0.15, 0.2) is 0 Å². The van der Waals surface area contributed by atoms with Crippen molar-refractivity contribution in [3.05, 3.63) is 78.1 Å². The number of benzene rings is 2. The van der Waals surface area contributed by atoms with Crippen LogP contribution in [0.5, 0.6) is 0 Å². The average Bonchev–Trinajstić information content (AvgIpc) is 3.32. The summed E-state index contributed by atoms with van der Waals surface area (Å²) in [6, 6.07) is 17.8. The average molecular weight is 374 g/mol. The monoisotopic (exact) mass is 374 g/mol. The molecule has 2 aromatic carbocycles. The maximum Gasteiger partial charge on any atom is 0.244 e. The van der Waals surface area contributed by atoms with Crippen LogP contribution in [0.4, 0.5) is 5.69 Å². The molecule has 0 saturated carbocycles. The van der Waals surface area contributed by atoms with Gasteiger partial charge in [-0.15, -0.1) is 11.3 Å². The fourth-order valence-electron chi connectivity index (χ4n) is 2.78. The first-order chi connectivity index (χ1) is 13.2. The first kappa shape index (κ1) is 17.2. The van der Waals surface area contributed by atoms with Gasteiger partial charge < -0.3 is 9.88 Å². The van der Waals surface area contributed by atoms with E-state index in [1.165, 1.54) is 0 Å². The second-order valence-corrected chi connectivity index (χ2v) is 7.11. The molecule has 0 radical (unpaired) electrons. The third kappa shape index (κ3) is 4.12. The van der Waals surface area contributed by atoms with Crippen molar-refractivity contribution in [2.24, 2.45) is 0 Å². The van der Waals surface area contributed by atoms with Gasteiger partial charge in [-0.05, 0) is 24.6 Å². The zero-order valence-electron chi connectivity index (χ0n) is 14.8. The Bertz CT molecular complexity index is 1070. The molecule has 27 heavy (non-hydrogen) atoms. The molecule has 0 atom stereocenters. The standard InChI is InChI=1S/C21H18N4OS/c1-15-6-5-9-17(10-15)23-20(26)12-25-11-18(22-14-25)21-24-19(13-27-21)16-7-3-2-4-8-16/h2-11,13-14H,12H2,1H3,(H,23,26). The number of anilines is 1. The molecule has 1 N–H and O–H groups in total.